The quantitative estimate of drug-likeness (QED) is 0.402. The summed E-state index contributed by atoms with van der Waals surface area (Å²) in [5.74, 6) is -0.544. The van der Waals surface area contributed by atoms with Crippen LogP contribution in [0.5, 0.6) is 0 Å². The number of rotatable bonds is 7. The number of alkyl carbamates (subject to hydrolysis) is 1. The highest BCUT2D eigenvalue weighted by Gasteiger charge is 2.21. The van der Waals surface area contributed by atoms with Gasteiger partial charge in [-0.2, -0.15) is 0 Å². The first-order valence-corrected chi connectivity index (χ1v) is 6.09. The molecule has 0 radical (unpaired) electrons. The largest absolute Gasteiger partial charge is 0.464 e. The molecule has 0 aliphatic rings. The lowest BCUT2D eigenvalue weighted by Crippen LogP contribution is -2.42. The Morgan fingerprint density at radius 1 is 1.32 bits per heavy atom. The van der Waals surface area contributed by atoms with Crippen LogP contribution in [-0.2, 0) is 19.1 Å². The monoisotopic (exact) mass is 274 g/mol. The van der Waals surface area contributed by atoms with Gasteiger partial charge in [-0.25, -0.2) is 9.59 Å². The van der Waals surface area contributed by atoms with Crippen LogP contribution in [0.1, 0.15) is 34.1 Å². The molecular weight excluding hydrogens is 252 g/mol. The molecule has 0 heterocycles. The summed E-state index contributed by atoms with van der Waals surface area (Å²) in [6, 6.07) is -0.783. The Kier molecular flexibility index (Phi) is 7.55. The topological polar surface area (TPSA) is 93.7 Å². The van der Waals surface area contributed by atoms with Gasteiger partial charge in [0.15, 0.2) is 0 Å². The van der Waals surface area contributed by atoms with E-state index >= 15 is 0 Å². The second kappa shape index (κ2) is 8.34. The Bertz CT molecular complexity index is 312. The minimum Gasteiger partial charge on any atom is -0.464 e. The summed E-state index contributed by atoms with van der Waals surface area (Å²) in [6.45, 7) is 7.32. The maximum atomic E-state index is 11.5. The van der Waals surface area contributed by atoms with Gasteiger partial charge in [0.2, 0.25) is 6.41 Å². The molecule has 0 aromatic carbocycles. The van der Waals surface area contributed by atoms with E-state index in [0.29, 0.717) is 19.4 Å². The van der Waals surface area contributed by atoms with Crippen LogP contribution in [0.25, 0.3) is 0 Å². The highest BCUT2D eigenvalue weighted by molar-refractivity contribution is 5.80. The van der Waals surface area contributed by atoms with Crippen molar-refractivity contribution in [2.45, 2.75) is 45.8 Å². The molecule has 0 aromatic heterocycles. The molecule has 0 aromatic rings. The van der Waals surface area contributed by atoms with Crippen LogP contribution in [0, 0.1) is 0 Å². The number of hydrogen-bond acceptors (Lipinski definition) is 5. The van der Waals surface area contributed by atoms with Crippen molar-refractivity contribution in [3.63, 3.8) is 0 Å². The van der Waals surface area contributed by atoms with Crippen molar-refractivity contribution in [1.29, 1.82) is 0 Å². The first kappa shape index (κ1) is 17.2. The lowest BCUT2D eigenvalue weighted by atomic mass is 10.2. The normalized spacial score (nSPS) is 12.2. The third-order valence-electron chi connectivity index (χ3n) is 1.88. The minimum atomic E-state index is -0.783. The highest BCUT2D eigenvalue weighted by atomic mass is 16.6. The predicted molar refractivity (Wildman–Crippen MR) is 68.5 cm³/mol. The van der Waals surface area contributed by atoms with Gasteiger partial charge >= 0.3 is 12.1 Å². The molecule has 19 heavy (non-hydrogen) atoms. The fraction of sp³-hybridized carbons (Fsp3) is 0.750. The molecule has 110 valence electrons. The van der Waals surface area contributed by atoms with E-state index < -0.39 is 23.7 Å². The van der Waals surface area contributed by atoms with E-state index in [4.69, 9.17) is 9.47 Å². The Hall–Kier alpha value is -1.79. The molecule has 0 bridgehead atoms. The van der Waals surface area contributed by atoms with Crippen LogP contribution in [-0.4, -0.2) is 43.3 Å². The number of ether oxygens (including phenoxy) is 2. The predicted octanol–water partition coefficient (Wildman–Crippen LogP) is 0.579. The molecule has 0 aliphatic heterocycles. The maximum Gasteiger partial charge on any atom is 0.408 e. The van der Waals surface area contributed by atoms with Gasteiger partial charge in [0, 0.05) is 6.54 Å². The summed E-state index contributed by atoms with van der Waals surface area (Å²) in [4.78, 5) is 32.9. The van der Waals surface area contributed by atoms with Gasteiger partial charge in [0.25, 0.3) is 0 Å². The van der Waals surface area contributed by atoms with Crippen LogP contribution in [0.3, 0.4) is 0 Å². The van der Waals surface area contributed by atoms with Gasteiger partial charge in [-0.1, -0.05) is 0 Å². The van der Waals surface area contributed by atoms with E-state index in [0.717, 1.165) is 0 Å². The molecule has 1 atom stereocenters. The first-order valence-electron chi connectivity index (χ1n) is 6.09. The molecule has 0 unspecified atom stereocenters. The average Bonchev–Trinajstić information content (AvgIpc) is 2.25. The summed E-state index contributed by atoms with van der Waals surface area (Å²) in [7, 11) is 0. The van der Waals surface area contributed by atoms with Gasteiger partial charge in [-0.05, 0) is 34.1 Å². The zero-order valence-electron chi connectivity index (χ0n) is 11.8. The second-order valence-corrected chi connectivity index (χ2v) is 4.96. The van der Waals surface area contributed by atoms with Crippen LogP contribution in [0.2, 0.25) is 0 Å². The van der Waals surface area contributed by atoms with Gasteiger partial charge in [0.05, 0.1) is 6.61 Å². The molecule has 2 amide bonds. The zero-order valence-corrected chi connectivity index (χ0v) is 11.8. The molecular formula is C12H22N2O5. The van der Waals surface area contributed by atoms with Crippen molar-refractivity contribution in [3.8, 4) is 0 Å². The SMILES string of the molecule is C[C@H](NC(=O)OC(C)(C)C)C(=O)OCCCNC=O. The van der Waals surface area contributed by atoms with E-state index in [9.17, 15) is 14.4 Å². The second-order valence-electron chi connectivity index (χ2n) is 4.96. The molecule has 0 spiro atoms. The van der Waals surface area contributed by atoms with Crippen molar-refractivity contribution in [2.24, 2.45) is 0 Å². The van der Waals surface area contributed by atoms with Gasteiger partial charge < -0.3 is 20.1 Å². The minimum absolute atomic E-state index is 0.181. The lowest BCUT2D eigenvalue weighted by molar-refractivity contribution is -0.145. The number of esters is 1. The van der Waals surface area contributed by atoms with Crippen molar-refractivity contribution >= 4 is 18.5 Å². The van der Waals surface area contributed by atoms with Crippen molar-refractivity contribution in [1.82, 2.24) is 10.6 Å². The lowest BCUT2D eigenvalue weighted by Gasteiger charge is -2.21. The summed E-state index contributed by atoms with van der Waals surface area (Å²) in [6.07, 6.45) is 0.428. The fourth-order valence-electron chi connectivity index (χ4n) is 1.07. The number of carbonyl (C=O) groups excluding carboxylic acids is 3. The van der Waals surface area contributed by atoms with Crippen molar-refractivity contribution in [3.05, 3.63) is 0 Å². The Morgan fingerprint density at radius 3 is 2.47 bits per heavy atom. The maximum absolute atomic E-state index is 11.5. The smallest absolute Gasteiger partial charge is 0.408 e. The third-order valence-corrected chi connectivity index (χ3v) is 1.88. The summed E-state index contributed by atoms with van der Waals surface area (Å²) < 4.78 is 9.93. The number of hydrogen-bond donors (Lipinski definition) is 2. The van der Waals surface area contributed by atoms with Crippen molar-refractivity contribution < 1.29 is 23.9 Å². The van der Waals surface area contributed by atoms with E-state index in [2.05, 4.69) is 10.6 Å². The van der Waals surface area contributed by atoms with E-state index in [1.807, 2.05) is 0 Å². The van der Waals surface area contributed by atoms with Crippen molar-refractivity contribution in [2.75, 3.05) is 13.2 Å². The van der Waals surface area contributed by atoms with Crippen LogP contribution >= 0.6 is 0 Å². The van der Waals surface area contributed by atoms with E-state index in [-0.39, 0.29) is 6.61 Å². The van der Waals surface area contributed by atoms with E-state index in [1.165, 1.54) is 6.92 Å². The van der Waals surface area contributed by atoms with E-state index in [1.54, 1.807) is 20.8 Å². The van der Waals surface area contributed by atoms with Gasteiger partial charge in [-0.15, -0.1) is 0 Å². The molecule has 0 rings (SSSR count). The van der Waals surface area contributed by atoms with Gasteiger partial charge in [0.1, 0.15) is 11.6 Å². The number of carbonyl (C=O) groups is 3. The Morgan fingerprint density at radius 2 is 1.95 bits per heavy atom. The molecule has 7 heteroatoms. The molecule has 0 saturated carbocycles. The number of nitrogens with one attached hydrogen (secondary N) is 2. The standard InChI is InChI=1S/C12H22N2O5/c1-9(14-11(17)19-12(2,3)4)10(16)18-7-5-6-13-8-15/h8-9H,5-7H2,1-4H3,(H,13,15)(H,14,17)/t9-/m0/s1. The first-order chi connectivity index (χ1) is 8.76. The zero-order chi connectivity index (χ0) is 14.9. The molecule has 0 aliphatic carbocycles. The summed E-state index contributed by atoms with van der Waals surface area (Å²) >= 11 is 0. The third kappa shape index (κ3) is 9.87. The summed E-state index contributed by atoms with van der Waals surface area (Å²) in [5, 5.41) is 4.83. The molecule has 0 saturated heterocycles. The highest BCUT2D eigenvalue weighted by Crippen LogP contribution is 2.06. The fourth-order valence-corrected chi connectivity index (χ4v) is 1.07. The van der Waals surface area contributed by atoms with Crippen LogP contribution < -0.4 is 10.6 Å². The molecule has 2 N–H and O–H groups in total. The summed E-state index contributed by atoms with van der Waals surface area (Å²) in [5.41, 5.74) is -0.617. The Balaban J connectivity index is 3.87. The van der Waals surface area contributed by atoms with Gasteiger partial charge in [-0.3, -0.25) is 4.79 Å². The molecule has 7 nitrogen and oxygen atoms in total. The number of amides is 2. The molecule has 0 fully saturated rings. The van der Waals surface area contributed by atoms with Crippen LogP contribution in [0.4, 0.5) is 4.79 Å². The Labute approximate surface area is 113 Å². The van der Waals surface area contributed by atoms with Crippen LogP contribution in [0.15, 0.2) is 0 Å². The average molecular weight is 274 g/mol.